The number of nitrogens with one attached hydrogen (secondary N) is 2. The third-order valence-corrected chi connectivity index (χ3v) is 10.4. The maximum Gasteiger partial charge on any atom is 0.291 e. The summed E-state index contributed by atoms with van der Waals surface area (Å²) in [6.45, 7) is 3.28. The van der Waals surface area contributed by atoms with E-state index in [9.17, 15) is 18.9 Å². The standard InChI is InChI=1S/C36H44Cl3N3O6S/c1-2-3-4-5-6-7-8-9-10-11-21-47-26-15-17-27(18-16-26)48-49(46)42-20-12-13-33(42)36(45)40-31-24-34(43)32(23-30(31)39)41-35(44)25-14-19-28(37)29(38)22-25/h14-19,22-24,33,43H,2-13,20-21H2,1H3,(H,40,45)(H,41,44). The molecule has 2 unspecified atom stereocenters. The van der Waals surface area contributed by atoms with Crippen LogP contribution < -0.4 is 19.6 Å². The average Bonchev–Trinajstić information content (AvgIpc) is 3.58. The van der Waals surface area contributed by atoms with E-state index < -0.39 is 29.1 Å². The lowest BCUT2D eigenvalue weighted by Gasteiger charge is -2.22. The summed E-state index contributed by atoms with van der Waals surface area (Å²) in [6, 6.07) is 13.1. The predicted octanol–water partition coefficient (Wildman–Crippen LogP) is 9.96. The van der Waals surface area contributed by atoms with E-state index in [1.165, 1.54) is 86.0 Å². The van der Waals surface area contributed by atoms with E-state index in [2.05, 4.69) is 17.6 Å². The summed E-state index contributed by atoms with van der Waals surface area (Å²) in [6.07, 6.45) is 13.7. The smallest absolute Gasteiger partial charge is 0.291 e. The number of nitrogens with zero attached hydrogens (tertiary/aromatic N) is 1. The number of aromatic hydroxyl groups is 1. The SMILES string of the molecule is CCCCCCCCCCCCOc1ccc(OS(=O)N2CCCC2C(=O)Nc2cc(O)c(NC(=O)c3ccc(Cl)c(Cl)c3)cc2Cl)cc1. The van der Waals surface area contributed by atoms with Gasteiger partial charge in [-0.1, -0.05) is 99.5 Å². The summed E-state index contributed by atoms with van der Waals surface area (Å²) in [5, 5.41) is 16.4. The summed E-state index contributed by atoms with van der Waals surface area (Å²) >= 11 is 16.4. The first-order chi connectivity index (χ1) is 23.7. The van der Waals surface area contributed by atoms with E-state index in [1.54, 1.807) is 24.3 Å². The van der Waals surface area contributed by atoms with Crippen LogP contribution in [0.15, 0.2) is 54.6 Å². The second-order valence-electron chi connectivity index (χ2n) is 12.0. The molecule has 49 heavy (non-hydrogen) atoms. The number of carbonyl (C=O) groups excluding carboxylic acids is 2. The molecule has 0 aliphatic carbocycles. The van der Waals surface area contributed by atoms with Crippen molar-refractivity contribution in [2.45, 2.75) is 90.0 Å². The molecular weight excluding hydrogens is 709 g/mol. The number of halogens is 3. The van der Waals surface area contributed by atoms with Gasteiger partial charge < -0.3 is 24.7 Å². The summed E-state index contributed by atoms with van der Waals surface area (Å²) < 4.78 is 26.2. The number of amides is 2. The van der Waals surface area contributed by atoms with Gasteiger partial charge in [0.2, 0.25) is 5.91 Å². The highest BCUT2D eigenvalue weighted by molar-refractivity contribution is 7.78. The molecule has 0 saturated carbocycles. The molecule has 3 N–H and O–H groups in total. The van der Waals surface area contributed by atoms with Crippen LogP contribution in [0.5, 0.6) is 17.2 Å². The van der Waals surface area contributed by atoms with Gasteiger partial charge in [0.25, 0.3) is 17.2 Å². The van der Waals surface area contributed by atoms with Gasteiger partial charge in [0.05, 0.1) is 33.0 Å². The minimum Gasteiger partial charge on any atom is -0.506 e. The average molecular weight is 753 g/mol. The van der Waals surface area contributed by atoms with Crippen molar-refractivity contribution in [3.8, 4) is 17.2 Å². The normalized spacial score (nSPS) is 15.1. The molecule has 1 fully saturated rings. The van der Waals surface area contributed by atoms with Crippen LogP contribution in [0.2, 0.25) is 15.1 Å². The Morgan fingerprint density at radius 3 is 2.14 bits per heavy atom. The van der Waals surface area contributed by atoms with Crippen LogP contribution in [0.1, 0.15) is 94.3 Å². The van der Waals surface area contributed by atoms with Gasteiger partial charge in [-0.2, -0.15) is 8.51 Å². The molecule has 4 rings (SSSR count). The first-order valence-electron chi connectivity index (χ1n) is 16.9. The topological polar surface area (TPSA) is 117 Å². The Morgan fingerprint density at radius 1 is 0.816 bits per heavy atom. The molecule has 0 bridgehead atoms. The van der Waals surface area contributed by atoms with Gasteiger partial charge in [0.15, 0.2) is 0 Å². The first-order valence-corrected chi connectivity index (χ1v) is 19.0. The second kappa shape index (κ2) is 20.0. The van der Waals surface area contributed by atoms with Crippen LogP contribution in [-0.2, 0) is 16.1 Å². The van der Waals surface area contributed by atoms with Crippen molar-refractivity contribution < 1.29 is 27.8 Å². The molecular formula is C36H44Cl3N3O6S. The highest BCUT2D eigenvalue weighted by atomic mass is 35.5. The highest BCUT2D eigenvalue weighted by Crippen LogP contribution is 2.35. The molecule has 9 nitrogen and oxygen atoms in total. The first kappa shape index (κ1) is 38.8. The molecule has 3 aromatic carbocycles. The van der Waals surface area contributed by atoms with Gasteiger partial charge in [-0.05, 0) is 67.8 Å². The maximum atomic E-state index is 13.3. The molecule has 13 heteroatoms. The monoisotopic (exact) mass is 751 g/mol. The number of carbonyl (C=O) groups is 2. The second-order valence-corrected chi connectivity index (χ2v) is 14.3. The summed E-state index contributed by atoms with van der Waals surface area (Å²) in [4.78, 5) is 25.9. The molecule has 0 aromatic heterocycles. The van der Waals surface area contributed by atoms with E-state index in [0.29, 0.717) is 42.5 Å². The van der Waals surface area contributed by atoms with Gasteiger partial charge in [-0.15, -0.1) is 0 Å². The molecule has 1 saturated heterocycles. The largest absolute Gasteiger partial charge is 0.506 e. The third-order valence-electron chi connectivity index (χ3n) is 8.23. The van der Waals surface area contributed by atoms with Crippen LogP contribution in [0.3, 0.4) is 0 Å². The lowest BCUT2D eigenvalue weighted by Crippen LogP contribution is -2.42. The molecule has 2 amide bonds. The Bertz CT molecular complexity index is 1580. The van der Waals surface area contributed by atoms with Crippen LogP contribution in [-0.4, -0.2) is 44.6 Å². The van der Waals surface area contributed by atoms with Gasteiger partial charge in [0, 0.05) is 18.2 Å². The van der Waals surface area contributed by atoms with Crippen LogP contribution in [0.4, 0.5) is 11.4 Å². The zero-order valence-corrected chi connectivity index (χ0v) is 30.7. The number of ether oxygens (including phenoxy) is 1. The fourth-order valence-electron chi connectivity index (χ4n) is 5.49. The van der Waals surface area contributed by atoms with Gasteiger partial charge in [0.1, 0.15) is 23.3 Å². The summed E-state index contributed by atoms with van der Waals surface area (Å²) in [7, 11) is 0. The van der Waals surface area contributed by atoms with E-state index in [4.69, 9.17) is 43.7 Å². The van der Waals surface area contributed by atoms with E-state index in [1.807, 2.05) is 0 Å². The minimum atomic E-state index is -1.93. The molecule has 2 atom stereocenters. The summed E-state index contributed by atoms with van der Waals surface area (Å²) in [5.74, 6) is -0.217. The molecule has 3 aromatic rings. The van der Waals surface area contributed by atoms with E-state index in [0.717, 1.165) is 12.8 Å². The minimum absolute atomic E-state index is 0.0336. The number of rotatable bonds is 19. The van der Waals surface area contributed by atoms with Crippen molar-refractivity contribution in [1.29, 1.82) is 0 Å². The van der Waals surface area contributed by atoms with Crippen molar-refractivity contribution in [1.82, 2.24) is 4.31 Å². The number of hydrogen-bond acceptors (Lipinski definition) is 6. The van der Waals surface area contributed by atoms with Crippen molar-refractivity contribution in [2.24, 2.45) is 0 Å². The predicted molar refractivity (Wildman–Crippen MR) is 198 cm³/mol. The number of unbranched alkanes of at least 4 members (excludes halogenated alkanes) is 9. The molecule has 0 radical (unpaired) electrons. The van der Waals surface area contributed by atoms with Crippen molar-refractivity contribution >= 4 is 69.3 Å². The summed E-state index contributed by atoms with van der Waals surface area (Å²) in [5.41, 5.74) is 0.387. The van der Waals surface area contributed by atoms with Gasteiger partial charge >= 0.3 is 0 Å². The maximum absolute atomic E-state index is 13.3. The zero-order chi connectivity index (χ0) is 35.2. The van der Waals surface area contributed by atoms with E-state index in [-0.39, 0.29) is 32.7 Å². The number of benzene rings is 3. The van der Waals surface area contributed by atoms with Gasteiger partial charge in [-0.3, -0.25) is 9.59 Å². The quantitative estimate of drug-likeness (QED) is 0.0829. The number of hydrogen-bond donors (Lipinski definition) is 3. The van der Waals surface area contributed by atoms with Crippen molar-refractivity contribution in [3.05, 3.63) is 75.2 Å². The Hall–Kier alpha value is -3.02. The number of anilines is 2. The zero-order valence-electron chi connectivity index (χ0n) is 27.7. The molecule has 1 aliphatic rings. The fraction of sp³-hybridized carbons (Fsp3) is 0.444. The number of phenolic OH excluding ortho intramolecular Hbond substituents is 1. The Morgan fingerprint density at radius 2 is 1.47 bits per heavy atom. The van der Waals surface area contributed by atoms with Crippen LogP contribution in [0.25, 0.3) is 0 Å². The van der Waals surface area contributed by atoms with Crippen molar-refractivity contribution in [2.75, 3.05) is 23.8 Å². The fourth-order valence-corrected chi connectivity index (χ4v) is 7.05. The number of phenols is 1. The lowest BCUT2D eigenvalue weighted by molar-refractivity contribution is -0.119. The van der Waals surface area contributed by atoms with Crippen LogP contribution >= 0.6 is 34.8 Å². The Labute approximate surface area is 306 Å². The van der Waals surface area contributed by atoms with Gasteiger partial charge in [-0.25, -0.2) is 0 Å². The van der Waals surface area contributed by atoms with Crippen molar-refractivity contribution in [3.63, 3.8) is 0 Å². The van der Waals surface area contributed by atoms with E-state index >= 15 is 0 Å². The highest BCUT2D eigenvalue weighted by Gasteiger charge is 2.36. The molecule has 266 valence electrons. The molecule has 0 spiro atoms. The Kier molecular flexibility index (Phi) is 15.8. The molecule has 1 heterocycles. The lowest BCUT2D eigenvalue weighted by atomic mass is 10.1. The molecule has 1 aliphatic heterocycles. The Balaban J connectivity index is 1.22. The van der Waals surface area contributed by atoms with Crippen LogP contribution in [0, 0.1) is 0 Å². The third kappa shape index (κ3) is 12.1.